The van der Waals surface area contributed by atoms with Gasteiger partial charge in [-0.05, 0) is 97.7 Å². The first-order valence-corrected chi connectivity index (χ1v) is 13.9. The maximum atomic E-state index is 12.6. The molecule has 0 fully saturated rings. The maximum Gasteiger partial charge on any atom is 0.307 e. The summed E-state index contributed by atoms with van der Waals surface area (Å²) in [7, 11) is 1.53. The molecule has 0 saturated heterocycles. The fourth-order valence-electron chi connectivity index (χ4n) is 3.96. The Morgan fingerprint density at radius 1 is 1.15 bits per heavy atom. The number of furan rings is 1. The number of hydrazone groups is 1. The van der Waals surface area contributed by atoms with Gasteiger partial charge in [-0.1, -0.05) is 18.5 Å². The lowest BCUT2D eigenvalue weighted by Crippen LogP contribution is -2.17. The summed E-state index contributed by atoms with van der Waals surface area (Å²) < 4.78 is 25.6. The number of aromatic nitrogens is 1. The van der Waals surface area contributed by atoms with Crippen LogP contribution < -0.4 is 19.6 Å². The molecule has 210 valence electrons. The van der Waals surface area contributed by atoms with E-state index in [1.807, 2.05) is 38.1 Å². The number of rotatable bonds is 11. The van der Waals surface area contributed by atoms with Crippen molar-refractivity contribution in [1.29, 1.82) is 0 Å². The third-order valence-corrected chi connectivity index (χ3v) is 7.72. The third-order valence-electron chi connectivity index (χ3n) is 6.27. The number of methoxy groups -OCH3 is 1. The van der Waals surface area contributed by atoms with Gasteiger partial charge in [-0.3, -0.25) is 4.79 Å². The molecular weight excluding hydrogens is 598 g/mol. The van der Waals surface area contributed by atoms with Gasteiger partial charge in [0.1, 0.15) is 23.1 Å². The SMILES string of the molecule is CC[C@@H](C)Oc1c(OC)cc(/C=N/NC(=O)c2ccc(COc3ccc(-n4c(C)ccc4C)cc3)o2)c(Br)c1Cl. The molecular formula is C30H31BrClN3O5. The van der Waals surface area contributed by atoms with Crippen molar-refractivity contribution in [3.8, 4) is 22.9 Å². The summed E-state index contributed by atoms with van der Waals surface area (Å²) in [5.74, 6) is 1.71. The highest BCUT2D eigenvalue weighted by Crippen LogP contribution is 2.42. The lowest BCUT2D eigenvalue weighted by atomic mass is 10.2. The van der Waals surface area contributed by atoms with Crippen molar-refractivity contribution in [3.05, 3.63) is 92.6 Å². The van der Waals surface area contributed by atoms with Gasteiger partial charge >= 0.3 is 5.91 Å². The highest BCUT2D eigenvalue weighted by molar-refractivity contribution is 9.10. The highest BCUT2D eigenvalue weighted by Gasteiger charge is 2.19. The number of hydrogen-bond acceptors (Lipinski definition) is 6. The predicted molar refractivity (Wildman–Crippen MR) is 159 cm³/mol. The Kier molecular flexibility index (Phi) is 9.60. The highest BCUT2D eigenvalue weighted by atomic mass is 79.9. The Balaban J connectivity index is 1.35. The van der Waals surface area contributed by atoms with Crippen LogP contribution in [0, 0.1) is 13.8 Å². The standard InChI is InChI=1S/C30H31BrClN3O5/c1-6-20(4)39-29-26(37-5)15-21(27(31)28(29)32)16-33-34-30(36)25-14-13-24(40-25)17-38-23-11-9-22(10-12-23)35-18(2)7-8-19(35)3/h7-16,20H,6,17H2,1-5H3,(H,34,36)/b33-16+/t20-/m1/s1. The molecule has 0 aliphatic heterocycles. The van der Waals surface area contributed by atoms with E-state index in [0.29, 0.717) is 38.1 Å². The fourth-order valence-corrected chi connectivity index (χ4v) is 4.60. The number of nitrogens with one attached hydrogen (secondary N) is 1. The first kappa shape index (κ1) is 29.3. The van der Waals surface area contributed by atoms with Crippen molar-refractivity contribution >= 4 is 39.7 Å². The fraction of sp³-hybridized carbons (Fsp3) is 0.267. The number of carbonyl (C=O) groups is 1. The molecule has 8 nitrogen and oxygen atoms in total. The van der Waals surface area contributed by atoms with Gasteiger partial charge < -0.3 is 23.2 Å². The molecule has 0 aliphatic rings. The lowest BCUT2D eigenvalue weighted by molar-refractivity contribution is 0.0923. The number of aryl methyl sites for hydroxylation is 2. The van der Waals surface area contributed by atoms with Crippen LogP contribution in [0.15, 0.2) is 68.6 Å². The molecule has 0 unspecified atom stereocenters. The first-order valence-electron chi connectivity index (χ1n) is 12.7. The van der Waals surface area contributed by atoms with E-state index in [2.05, 4.69) is 57.0 Å². The maximum absolute atomic E-state index is 12.6. The molecule has 40 heavy (non-hydrogen) atoms. The van der Waals surface area contributed by atoms with Crippen molar-refractivity contribution in [3.63, 3.8) is 0 Å². The predicted octanol–water partition coefficient (Wildman–Crippen LogP) is 7.63. The van der Waals surface area contributed by atoms with Gasteiger partial charge in [0.2, 0.25) is 0 Å². The van der Waals surface area contributed by atoms with Crippen LogP contribution in [0.5, 0.6) is 17.2 Å². The molecule has 2 aromatic carbocycles. The van der Waals surface area contributed by atoms with Crippen molar-refractivity contribution in [1.82, 2.24) is 9.99 Å². The molecule has 0 bridgehead atoms. The minimum absolute atomic E-state index is 0.0370. The van der Waals surface area contributed by atoms with Gasteiger partial charge in [-0.2, -0.15) is 5.10 Å². The Hall–Kier alpha value is -3.69. The molecule has 2 heterocycles. The van der Waals surface area contributed by atoms with Gasteiger partial charge in [0.05, 0.1) is 19.4 Å². The molecule has 0 spiro atoms. The van der Waals surface area contributed by atoms with Gasteiger partial charge in [-0.25, -0.2) is 5.43 Å². The largest absolute Gasteiger partial charge is 0.493 e. The van der Waals surface area contributed by atoms with E-state index in [1.165, 1.54) is 13.3 Å². The van der Waals surface area contributed by atoms with Crippen molar-refractivity contribution in [2.75, 3.05) is 7.11 Å². The Morgan fingerprint density at radius 3 is 2.50 bits per heavy atom. The third kappa shape index (κ3) is 6.71. The van der Waals surface area contributed by atoms with E-state index in [-0.39, 0.29) is 18.5 Å². The summed E-state index contributed by atoms with van der Waals surface area (Å²) in [6.45, 7) is 8.28. The van der Waals surface area contributed by atoms with E-state index in [1.54, 1.807) is 18.2 Å². The molecule has 0 aliphatic carbocycles. The molecule has 0 radical (unpaired) electrons. The van der Waals surface area contributed by atoms with Crippen LogP contribution in [0.2, 0.25) is 5.02 Å². The smallest absolute Gasteiger partial charge is 0.307 e. The van der Waals surface area contributed by atoms with Crippen molar-refractivity contribution < 1.29 is 23.4 Å². The second-order valence-electron chi connectivity index (χ2n) is 9.16. The van der Waals surface area contributed by atoms with Crippen LogP contribution in [-0.4, -0.2) is 29.9 Å². The second kappa shape index (κ2) is 13.1. The minimum atomic E-state index is -0.504. The molecule has 4 aromatic rings. The Morgan fingerprint density at radius 2 is 1.85 bits per heavy atom. The second-order valence-corrected chi connectivity index (χ2v) is 10.3. The van der Waals surface area contributed by atoms with Crippen molar-refractivity contribution in [2.24, 2.45) is 5.10 Å². The summed E-state index contributed by atoms with van der Waals surface area (Å²) in [6.07, 6.45) is 2.23. The molecule has 2 aromatic heterocycles. The molecule has 0 saturated carbocycles. The number of halogens is 2. The summed E-state index contributed by atoms with van der Waals surface area (Å²) in [5, 5.41) is 4.40. The summed E-state index contributed by atoms with van der Waals surface area (Å²) >= 11 is 9.99. The Labute approximate surface area is 247 Å². The molecule has 10 heteroatoms. The zero-order valence-electron chi connectivity index (χ0n) is 23.0. The van der Waals surface area contributed by atoms with E-state index >= 15 is 0 Å². The number of carbonyl (C=O) groups excluding carboxylic acids is 1. The van der Waals surface area contributed by atoms with Gasteiger partial charge in [0, 0.05) is 27.1 Å². The summed E-state index contributed by atoms with van der Waals surface area (Å²) in [5.41, 5.74) is 6.45. The normalized spacial score (nSPS) is 12.0. The van der Waals surface area contributed by atoms with Gasteiger partial charge in [0.15, 0.2) is 17.3 Å². The molecule has 1 amide bonds. The number of ether oxygens (including phenoxy) is 3. The average molecular weight is 629 g/mol. The monoisotopic (exact) mass is 627 g/mol. The summed E-state index contributed by atoms with van der Waals surface area (Å²) in [6, 6.07) is 17.0. The number of hydrogen-bond donors (Lipinski definition) is 1. The van der Waals surface area contributed by atoms with Crippen LogP contribution in [0.3, 0.4) is 0 Å². The number of benzene rings is 2. The first-order chi connectivity index (χ1) is 19.2. The number of nitrogens with zero attached hydrogens (tertiary/aromatic N) is 2. The van der Waals surface area contributed by atoms with Crippen LogP contribution in [0.25, 0.3) is 5.69 Å². The quantitative estimate of drug-likeness (QED) is 0.136. The number of amides is 1. The van der Waals surface area contributed by atoms with Gasteiger partial charge in [0.25, 0.3) is 0 Å². The van der Waals surface area contributed by atoms with E-state index in [4.69, 9.17) is 30.2 Å². The summed E-state index contributed by atoms with van der Waals surface area (Å²) in [4.78, 5) is 12.6. The minimum Gasteiger partial charge on any atom is -0.493 e. The van der Waals surface area contributed by atoms with Crippen LogP contribution in [0.4, 0.5) is 0 Å². The van der Waals surface area contributed by atoms with Crippen LogP contribution in [0.1, 0.15) is 53.5 Å². The average Bonchev–Trinajstić information content (AvgIpc) is 3.57. The van der Waals surface area contributed by atoms with E-state index in [0.717, 1.165) is 23.5 Å². The van der Waals surface area contributed by atoms with E-state index in [9.17, 15) is 4.79 Å². The van der Waals surface area contributed by atoms with Crippen LogP contribution in [-0.2, 0) is 6.61 Å². The van der Waals surface area contributed by atoms with Crippen molar-refractivity contribution in [2.45, 2.75) is 46.8 Å². The zero-order valence-corrected chi connectivity index (χ0v) is 25.3. The molecule has 1 N–H and O–H groups in total. The Bertz CT molecular complexity index is 1490. The molecule has 1 atom stereocenters. The van der Waals surface area contributed by atoms with Gasteiger partial charge in [-0.15, -0.1) is 0 Å². The molecule has 4 rings (SSSR count). The zero-order chi connectivity index (χ0) is 28.8. The lowest BCUT2D eigenvalue weighted by Gasteiger charge is -2.18. The van der Waals surface area contributed by atoms with Crippen LogP contribution >= 0.6 is 27.5 Å². The topological polar surface area (TPSA) is 87.2 Å². The van der Waals surface area contributed by atoms with E-state index < -0.39 is 5.91 Å².